The molecule has 5 heteroatoms. The van der Waals surface area contributed by atoms with E-state index in [0.29, 0.717) is 19.3 Å². The van der Waals surface area contributed by atoms with Gasteiger partial charge in [-0.2, -0.15) is 0 Å². The Bertz CT molecular complexity index is 527. The molecule has 108 valence electrons. The zero-order valence-corrected chi connectivity index (χ0v) is 11.7. The lowest BCUT2D eigenvalue weighted by Gasteiger charge is -2.65. The van der Waals surface area contributed by atoms with E-state index in [1.165, 1.54) is 0 Å². The van der Waals surface area contributed by atoms with Crippen molar-refractivity contribution in [2.24, 2.45) is 0 Å². The molecule has 2 N–H and O–H groups in total. The van der Waals surface area contributed by atoms with Crippen molar-refractivity contribution in [1.82, 2.24) is 10.6 Å². The van der Waals surface area contributed by atoms with Gasteiger partial charge < -0.3 is 15.4 Å². The fraction of sp³-hybridized carbons (Fsp3) is 0.533. The number of alkyl halides is 1. The van der Waals surface area contributed by atoms with Crippen LogP contribution in [0, 0.1) is 0 Å². The third kappa shape index (κ3) is 2.21. The standard InChI is InChI=1S/C15H19FN2O2/c1-10(11-4-3-5-12(6-11)20-2)17-13(19)18-15-7-14(16,8-15)9-15/h3-6,10H,7-9H2,1-2H3,(H2,17,18,19)/t10-,14?,15?/m0/s1. The summed E-state index contributed by atoms with van der Waals surface area (Å²) in [5.74, 6) is 0.760. The highest BCUT2D eigenvalue weighted by atomic mass is 19.1. The minimum Gasteiger partial charge on any atom is -0.497 e. The van der Waals surface area contributed by atoms with Crippen LogP contribution >= 0.6 is 0 Å². The van der Waals surface area contributed by atoms with Gasteiger partial charge in [0.05, 0.1) is 18.7 Å². The van der Waals surface area contributed by atoms with Crippen molar-refractivity contribution in [3.63, 3.8) is 0 Å². The van der Waals surface area contributed by atoms with Gasteiger partial charge in [-0.3, -0.25) is 0 Å². The molecule has 1 aromatic carbocycles. The SMILES string of the molecule is COc1cccc([C@H](C)NC(=O)NC23CC(F)(C2)C3)c1. The molecular formula is C15H19FN2O2. The van der Waals surface area contributed by atoms with Crippen molar-refractivity contribution in [3.05, 3.63) is 29.8 Å². The maximum atomic E-state index is 13.4. The Balaban J connectivity index is 1.55. The summed E-state index contributed by atoms with van der Waals surface area (Å²) in [7, 11) is 1.61. The van der Waals surface area contributed by atoms with Crippen LogP contribution in [0.1, 0.15) is 37.8 Å². The average molecular weight is 278 g/mol. The molecule has 0 radical (unpaired) electrons. The lowest BCUT2D eigenvalue weighted by atomic mass is 9.47. The molecule has 1 aromatic rings. The number of rotatable bonds is 4. The minimum atomic E-state index is -0.994. The van der Waals surface area contributed by atoms with Crippen LogP contribution in [-0.2, 0) is 0 Å². The van der Waals surface area contributed by atoms with Gasteiger partial charge in [0.15, 0.2) is 0 Å². The van der Waals surface area contributed by atoms with E-state index in [4.69, 9.17) is 4.74 Å². The highest BCUT2D eigenvalue weighted by Crippen LogP contribution is 2.62. The van der Waals surface area contributed by atoms with Gasteiger partial charge in [-0.25, -0.2) is 9.18 Å². The molecule has 3 fully saturated rings. The molecule has 4 nitrogen and oxygen atoms in total. The van der Waals surface area contributed by atoms with Crippen molar-refractivity contribution in [3.8, 4) is 5.75 Å². The second kappa shape index (κ2) is 4.36. The molecule has 0 aromatic heterocycles. The molecule has 0 spiro atoms. The lowest BCUT2D eigenvalue weighted by Crippen LogP contribution is -2.77. The van der Waals surface area contributed by atoms with E-state index in [1.54, 1.807) is 7.11 Å². The summed E-state index contributed by atoms with van der Waals surface area (Å²) in [5.41, 5.74) is -0.308. The van der Waals surface area contributed by atoms with Gasteiger partial charge in [0.1, 0.15) is 11.4 Å². The van der Waals surface area contributed by atoms with Crippen LogP contribution in [0.4, 0.5) is 9.18 Å². The molecule has 0 aliphatic heterocycles. The first-order chi connectivity index (χ1) is 9.44. The smallest absolute Gasteiger partial charge is 0.315 e. The predicted molar refractivity (Wildman–Crippen MR) is 73.5 cm³/mol. The highest BCUT2D eigenvalue weighted by molar-refractivity contribution is 5.76. The number of hydrogen-bond donors (Lipinski definition) is 2. The Hall–Kier alpha value is -1.78. The van der Waals surface area contributed by atoms with E-state index in [-0.39, 0.29) is 17.6 Å². The molecule has 20 heavy (non-hydrogen) atoms. The molecule has 1 atom stereocenters. The Morgan fingerprint density at radius 2 is 2.10 bits per heavy atom. The molecule has 0 heterocycles. The van der Waals surface area contributed by atoms with Crippen molar-refractivity contribution < 1.29 is 13.9 Å². The largest absolute Gasteiger partial charge is 0.497 e. The number of carbonyl (C=O) groups is 1. The van der Waals surface area contributed by atoms with Crippen LogP contribution in [0.2, 0.25) is 0 Å². The molecule has 3 aliphatic carbocycles. The van der Waals surface area contributed by atoms with Crippen molar-refractivity contribution >= 4 is 6.03 Å². The summed E-state index contributed by atoms with van der Waals surface area (Å²) in [6.07, 6.45) is 1.38. The molecule has 2 bridgehead atoms. The van der Waals surface area contributed by atoms with Gasteiger partial charge in [-0.05, 0) is 24.6 Å². The fourth-order valence-corrected chi connectivity index (χ4v) is 3.26. The topological polar surface area (TPSA) is 50.4 Å². The highest BCUT2D eigenvalue weighted by Gasteiger charge is 2.69. The maximum Gasteiger partial charge on any atom is 0.315 e. The Morgan fingerprint density at radius 3 is 2.70 bits per heavy atom. The fourth-order valence-electron chi connectivity index (χ4n) is 3.26. The lowest BCUT2D eigenvalue weighted by molar-refractivity contribution is -0.162. The predicted octanol–water partition coefficient (Wildman–Crippen LogP) is 2.70. The summed E-state index contributed by atoms with van der Waals surface area (Å²) in [5, 5.41) is 5.77. The van der Waals surface area contributed by atoms with Gasteiger partial charge in [0.2, 0.25) is 0 Å². The van der Waals surface area contributed by atoms with Crippen LogP contribution in [0.25, 0.3) is 0 Å². The van der Waals surface area contributed by atoms with Gasteiger partial charge >= 0.3 is 6.03 Å². The number of urea groups is 1. The Labute approximate surface area is 117 Å². The van der Waals surface area contributed by atoms with Crippen LogP contribution in [0.3, 0.4) is 0 Å². The average Bonchev–Trinajstić information content (AvgIpc) is 2.35. The second-order valence-corrected chi connectivity index (χ2v) is 6.06. The number of halogens is 1. The van der Waals surface area contributed by atoms with Crippen LogP contribution in [0.15, 0.2) is 24.3 Å². The normalized spacial score (nSPS) is 31.6. The number of carbonyl (C=O) groups excluding carboxylic acids is 1. The van der Waals surface area contributed by atoms with Gasteiger partial charge in [-0.1, -0.05) is 12.1 Å². The quantitative estimate of drug-likeness (QED) is 0.889. The zero-order valence-electron chi connectivity index (χ0n) is 11.7. The van der Waals surface area contributed by atoms with Crippen molar-refractivity contribution in [2.75, 3.05) is 7.11 Å². The summed E-state index contributed by atoms with van der Waals surface area (Å²) in [4.78, 5) is 11.9. The van der Waals surface area contributed by atoms with Gasteiger partial charge in [0.25, 0.3) is 0 Å². The summed E-state index contributed by atoms with van der Waals surface area (Å²) in [6.45, 7) is 1.91. The van der Waals surface area contributed by atoms with Crippen LogP contribution in [0.5, 0.6) is 5.75 Å². The summed E-state index contributed by atoms with van der Waals surface area (Å²) < 4.78 is 18.6. The minimum absolute atomic E-state index is 0.128. The van der Waals surface area contributed by atoms with E-state index in [9.17, 15) is 9.18 Å². The van der Waals surface area contributed by atoms with Crippen LogP contribution < -0.4 is 15.4 Å². The van der Waals surface area contributed by atoms with E-state index in [1.807, 2.05) is 31.2 Å². The number of methoxy groups -OCH3 is 1. The van der Waals surface area contributed by atoms with E-state index < -0.39 is 5.67 Å². The molecule has 0 saturated heterocycles. The van der Waals surface area contributed by atoms with E-state index >= 15 is 0 Å². The molecule has 3 saturated carbocycles. The third-order valence-electron chi connectivity index (χ3n) is 4.29. The first kappa shape index (κ1) is 13.2. The molecule has 3 aliphatic rings. The molecule has 0 unspecified atom stereocenters. The molecular weight excluding hydrogens is 259 g/mol. The Morgan fingerprint density at radius 1 is 1.40 bits per heavy atom. The number of ether oxygens (including phenoxy) is 1. The summed E-state index contributed by atoms with van der Waals surface area (Å²) in [6, 6.07) is 7.21. The number of nitrogens with one attached hydrogen (secondary N) is 2. The zero-order chi connectivity index (χ0) is 14.4. The Kier molecular flexibility index (Phi) is 2.88. The monoisotopic (exact) mass is 278 g/mol. The van der Waals surface area contributed by atoms with Crippen molar-refractivity contribution in [2.45, 2.75) is 43.4 Å². The first-order valence-corrected chi connectivity index (χ1v) is 6.85. The van der Waals surface area contributed by atoms with Gasteiger partial charge in [-0.15, -0.1) is 0 Å². The number of hydrogen-bond acceptors (Lipinski definition) is 2. The number of amides is 2. The second-order valence-electron chi connectivity index (χ2n) is 6.06. The van der Waals surface area contributed by atoms with Crippen molar-refractivity contribution in [1.29, 1.82) is 0 Å². The van der Waals surface area contributed by atoms with E-state index in [2.05, 4.69) is 10.6 Å². The molecule has 4 rings (SSSR count). The number of benzene rings is 1. The molecule has 2 amide bonds. The van der Waals surface area contributed by atoms with Crippen LogP contribution in [-0.4, -0.2) is 24.3 Å². The maximum absolute atomic E-state index is 13.4. The first-order valence-electron chi connectivity index (χ1n) is 6.85. The van der Waals surface area contributed by atoms with E-state index in [0.717, 1.165) is 11.3 Å². The van der Waals surface area contributed by atoms with Gasteiger partial charge in [0, 0.05) is 19.3 Å². The summed E-state index contributed by atoms with van der Waals surface area (Å²) >= 11 is 0. The third-order valence-corrected chi connectivity index (χ3v) is 4.29.